The van der Waals surface area contributed by atoms with Crippen molar-refractivity contribution in [1.29, 1.82) is 0 Å². The number of carbonyl (C=O) groups excluding carboxylic acids is 3. The van der Waals surface area contributed by atoms with E-state index in [0.29, 0.717) is 26.1 Å². The summed E-state index contributed by atoms with van der Waals surface area (Å²) >= 11 is 0. The van der Waals surface area contributed by atoms with E-state index in [-0.39, 0.29) is 18.4 Å². The smallest absolute Gasteiger partial charge is 0.325 e. The summed E-state index contributed by atoms with van der Waals surface area (Å²) in [6, 6.07) is -0.499. The number of nitrogens with one attached hydrogen (secondary N) is 3. The topological polar surface area (TPSA) is 99.8 Å². The minimum atomic E-state index is -0.873. The summed E-state index contributed by atoms with van der Waals surface area (Å²) in [6.07, 6.45) is 1.42. The van der Waals surface area contributed by atoms with Crippen molar-refractivity contribution >= 4 is 17.8 Å². The van der Waals surface area contributed by atoms with Gasteiger partial charge in [0.1, 0.15) is 12.1 Å². The Morgan fingerprint density at radius 2 is 2.30 bits per heavy atom. The van der Waals surface area contributed by atoms with Crippen molar-refractivity contribution in [2.75, 3.05) is 39.9 Å². The first-order valence-corrected chi connectivity index (χ1v) is 6.69. The Kier molecular flexibility index (Phi) is 4.56. The molecule has 20 heavy (non-hydrogen) atoms. The molecule has 1 atom stereocenters. The van der Waals surface area contributed by atoms with Crippen LogP contribution in [-0.2, 0) is 14.3 Å². The lowest BCUT2D eigenvalue weighted by molar-refractivity contribution is -0.135. The zero-order valence-corrected chi connectivity index (χ0v) is 11.5. The maximum atomic E-state index is 12.4. The molecule has 2 aliphatic heterocycles. The SMILES string of the molecule is COCCNC(=O)CN1C(=O)NC2(CCCNC2)C1=O. The first-order chi connectivity index (χ1) is 9.59. The summed E-state index contributed by atoms with van der Waals surface area (Å²) < 4.78 is 4.81. The highest BCUT2D eigenvalue weighted by molar-refractivity contribution is 6.09. The summed E-state index contributed by atoms with van der Waals surface area (Å²) in [5.74, 6) is -0.692. The Balaban J connectivity index is 1.93. The van der Waals surface area contributed by atoms with Crippen LogP contribution in [0.25, 0.3) is 0 Å². The Hall–Kier alpha value is -1.67. The number of imide groups is 1. The van der Waals surface area contributed by atoms with Crippen LogP contribution in [-0.4, -0.2) is 68.2 Å². The van der Waals surface area contributed by atoms with Crippen LogP contribution < -0.4 is 16.0 Å². The van der Waals surface area contributed by atoms with Gasteiger partial charge in [-0.1, -0.05) is 0 Å². The Morgan fingerprint density at radius 1 is 1.50 bits per heavy atom. The average molecular weight is 284 g/mol. The minimum Gasteiger partial charge on any atom is -0.383 e. The fraction of sp³-hybridized carbons (Fsp3) is 0.750. The third-order valence-electron chi connectivity index (χ3n) is 3.56. The predicted molar refractivity (Wildman–Crippen MR) is 70.0 cm³/mol. The zero-order valence-electron chi connectivity index (χ0n) is 11.5. The number of hydrogen-bond acceptors (Lipinski definition) is 5. The third kappa shape index (κ3) is 2.91. The Labute approximate surface area is 117 Å². The molecule has 0 bridgehead atoms. The van der Waals surface area contributed by atoms with E-state index in [4.69, 9.17) is 4.74 Å². The van der Waals surface area contributed by atoms with Gasteiger partial charge in [-0.2, -0.15) is 0 Å². The highest BCUT2D eigenvalue weighted by Crippen LogP contribution is 2.24. The van der Waals surface area contributed by atoms with E-state index in [1.54, 1.807) is 0 Å². The van der Waals surface area contributed by atoms with Gasteiger partial charge in [0.25, 0.3) is 5.91 Å². The summed E-state index contributed by atoms with van der Waals surface area (Å²) in [5.41, 5.74) is -0.873. The van der Waals surface area contributed by atoms with Crippen LogP contribution in [0.3, 0.4) is 0 Å². The van der Waals surface area contributed by atoms with Crippen molar-refractivity contribution in [1.82, 2.24) is 20.9 Å². The quantitative estimate of drug-likeness (QED) is 0.418. The van der Waals surface area contributed by atoms with E-state index < -0.39 is 11.6 Å². The molecule has 8 heteroatoms. The van der Waals surface area contributed by atoms with E-state index >= 15 is 0 Å². The molecule has 0 aliphatic carbocycles. The van der Waals surface area contributed by atoms with Crippen LogP contribution in [0.5, 0.6) is 0 Å². The standard InChI is InChI=1S/C12H20N4O4/c1-20-6-5-14-9(17)7-16-10(18)12(15-11(16)19)3-2-4-13-8-12/h13H,2-8H2,1H3,(H,14,17)(H,15,19). The second-order valence-corrected chi connectivity index (χ2v) is 5.03. The first kappa shape index (κ1) is 14.7. The Morgan fingerprint density at radius 3 is 2.95 bits per heavy atom. The number of hydrogen-bond donors (Lipinski definition) is 3. The molecule has 2 fully saturated rings. The average Bonchev–Trinajstić information content (AvgIpc) is 2.65. The molecule has 2 heterocycles. The molecule has 0 aromatic rings. The molecule has 0 saturated carbocycles. The number of amides is 4. The van der Waals surface area contributed by atoms with Crippen LogP contribution in [0.15, 0.2) is 0 Å². The molecule has 3 N–H and O–H groups in total. The van der Waals surface area contributed by atoms with E-state index in [2.05, 4.69) is 16.0 Å². The minimum absolute atomic E-state index is 0.254. The van der Waals surface area contributed by atoms with Gasteiger partial charge >= 0.3 is 6.03 Å². The van der Waals surface area contributed by atoms with Crippen molar-refractivity contribution in [3.63, 3.8) is 0 Å². The lowest BCUT2D eigenvalue weighted by Gasteiger charge is -2.31. The van der Waals surface area contributed by atoms with Crippen molar-refractivity contribution in [2.24, 2.45) is 0 Å². The molecular formula is C12H20N4O4. The first-order valence-electron chi connectivity index (χ1n) is 6.69. The number of carbonyl (C=O) groups is 3. The van der Waals surface area contributed by atoms with Gasteiger partial charge in [0.05, 0.1) is 6.61 Å². The van der Waals surface area contributed by atoms with E-state index in [1.807, 2.05) is 0 Å². The monoisotopic (exact) mass is 284 g/mol. The number of rotatable bonds is 5. The highest BCUT2D eigenvalue weighted by Gasteiger charge is 2.51. The van der Waals surface area contributed by atoms with Gasteiger partial charge in [-0.15, -0.1) is 0 Å². The van der Waals surface area contributed by atoms with Crippen molar-refractivity contribution in [3.8, 4) is 0 Å². The van der Waals surface area contributed by atoms with Crippen LogP contribution in [0.1, 0.15) is 12.8 Å². The number of ether oxygens (including phenoxy) is 1. The zero-order chi connectivity index (χ0) is 14.6. The number of nitrogens with zero attached hydrogens (tertiary/aromatic N) is 1. The van der Waals surface area contributed by atoms with Gasteiger partial charge in [-0.25, -0.2) is 4.79 Å². The van der Waals surface area contributed by atoms with Gasteiger partial charge in [0, 0.05) is 20.2 Å². The van der Waals surface area contributed by atoms with E-state index in [0.717, 1.165) is 17.9 Å². The van der Waals surface area contributed by atoms with Crippen LogP contribution in [0.4, 0.5) is 4.79 Å². The van der Waals surface area contributed by atoms with Gasteiger partial charge < -0.3 is 20.7 Å². The van der Waals surface area contributed by atoms with Crippen molar-refractivity contribution in [3.05, 3.63) is 0 Å². The van der Waals surface area contributed by atoms with Crippen molar-refractivity contribution in [2.45, 2.75) is 18.4 Å². The summed E-state index contributed by atoms with van der Waals surface area (Å²) in [4.78, 5) is 36.9. The van der Waals surface area contributed by atoms with Gasteiger partial charge in [-0.05, 0) is 19.4 Å². The summed E-state index contributed by atoms with van der Waals surface area (Å²) in [5, 5.41) is 8.41. The maximum absolute atomic E-state index is 12.4. The molecule has 1 spiro atoms. The third-order valence-corrected chi connectivity index (χ3v) is 3.56. The molecule has 0 aromatic carbocycles. The second kappa shape index (κ2) is 6.19. The van der Waals surface area contributed by atoms with Crippen LogP contribution in [0.2, 0.25) is 0 Å². The molecule has 8 nitrogen and oxygen atoms in total. The van der Waals surface area contributed by atoms with Crippen LogP contribution in [0, 0.1) is 0 Å². The molecule has 4 amide bonds. The lowest BCUT2D eigenvalue weighted by atomic mass is 9.90. The van der Waals surface area contributed by atoms with Crippen LogP contribution >= 0.6 is 0 Å². The predicted octanol–water partition coefficient (Wildman–Crippen LogP) is -1.58. The maximum Gasteiger partial charge on any atom is 0.325 e. The molecule has 112 valence electrons. The number of urea groups is 1. The second-order valence-electron chi connectivity index (χ2n) is 5.03. The van der Waals surface area contributed by atoms with E-state index in [1.165, 1.54) is 7.11 Å². The molecule has 2 saturated heterocycles. The Bertz CT molecular complexity index is 406. The van der Waals surface area contributed by atoms with Gasteiger partial charge in [0.15, 0.2) is 0 Å². The number of piperidine rings is 1. The highest BCUT2D eigenvalue weighted by atomic mass is 16.5. The van der Waals surface area contributed by atoms with Gasteiger partial charge in [0.2, 0.25) is 5.91 Å². The fourth-order valence-electron chi connectivity index (χ4n) is 2.51. The lowest BCUT2D eigenvalue weighted by Crippen LogP contribution is -2.57. The molecule has 0 radical (unpaired) electrons. The molecule has 1 unspecified atom stereocenters. The van der Waals surface area contributed by atoms with E-state index in [9.17, 15) is 14.4 Å². The normalized spacial score (nSPS) is 25.9. The van der Waals surface area contributed by atoms with Crippen molar-refractivity contribution < 1.29 is 19.1 Å². The fourth-order valence-corrected chi connectivity index (χ4v) is 2.51. The molecule has 0 aromatic heterocycles. The van der Waals surface area contributed by atoms with Gasteiger partial charge in [-0.3, -0.25) is 14.5 Å². The molecular weight excluding hydrogens is 264 g/mol. The molecule has 2 aliphatic rings. The summed E-state index contributed by atoms with van der Waals surface area (Å²) in [6.45, 7) is 1.74. The summed E-state index contributed by atoms with van der Waals surface area (Å²) in [7, 11) is 1.53. The number of methoxy groups -OCH3 is 1. The largest absolute Gasteiger partial charge is 0.383 e. The molecule has 2 rings (SSSR count).